The van der Waals surface area contributed by atoms with Crippen LogP contribution in [0.3, 0.4) is 0 Å². The van der Waals surface area contributed by atoms with Gasteiger partial charge in [-0.25, -0.2) is 4.79 Å². The summed E-state index contributed by atoms with van der Waals surface area (Å²) in [5.74, 6) is -2.27. The van der Waals surface area contributed by atoms with Gasteiger partial charge in [-0.3, -0.25) is 14.4 Å². The number of hydrogen-bond donors (Lipinski definition) is 0. The van der Waals surface area contributed by atoms with Crippen molar-refractivity contribution in [2.75, 3.05) is 18.1 Å². The van der Waals surface area contributed by atoms with Gasteiger partial charge in [0.15, 0.2) is 6.10 Å². The van der Waals surface area contributed by atoms with Crippen LogP contribution in [0.1, 0.15) is 53.8 Å². The fourth-order valence-electron chi connectivity index (χ4n) is 3.46. The van der Waals surface area contributed by atoms with Gasteiger partial charge in [0.05, 0.1) is 18.1 Å². The second-order valence-corrected chi connectivity index (χ2v) is 8.33. The summed E-state index contributed by atoms with van der Waals surface area (Å²) in [4.78, 5) is 51.1. The molecule has 2 aromatic rings. The van der Waals surface area contributed by atoms with Gasteiger partial charge in [0.2, 0.25) is 11.7 Å². The number of benzene rings is 2. The summed E-state index contributed by atoms with van der Waals surface area (Å²) in [7, 11) is 0. The maximum Gasteiger partial charge on any atom is 0.338 e. The molecule has 7 nitrogen and oxygen atoms in total. The van der Waals surface area contributed by atoms with Crippen LogP contribution in [-0.4, -0.2) is 42.9 Å². The Morgan fingerprint density at radius 2 is 1.70 bits per heavy atom. The molecule has 2 atom stereocenters. The van der Waals surface area contributed by atoms with Gasteiger partial charge in [-0.1, -0.05) is 24.9 Å². The molecule has 0 aromatic heterocycles. The van der Waals surface area contributed by atoms with Crippen molar-refractivity contribution in [1.29, 1.82) is 0 Å². The fraction of sp³-hybridized carbons (Fsp3) is 0.360. The number of carbonyl (C=O) groups is 4. The Bertz CT molecular complexity index is 1020. The normalized spacial score (nSPS) is 16.4. The van der Waals surface area contributed by atoms with Crippen LogP contribution in [0.2, 0.25) is 5.02 Å². The molecule has 0 bridgehead atoms. The van der Waals surface area contributed by atoms with E-state index in [0.717, 1.165) is 12.8 Å². The minimum absolute atomic E-state index is 0.0124. The van der Waals surface area contributed by atoms with Gasteiger partial charge in [0.25, 0.3) is 0 Å². The number of esters is 2. The number of ether oxygens (including phenoxy) is 2. The predicted molar refractivity (Wildman–Crippen MR) is 123 cm³/mol. The van der Waals surface area contributed by atoms with E-state index in [9.17, 15) is 19.2 Å². The molecule has 1 heterocycles. The average Bonchev–Trinajstić information content (AvgIpc) is 3.21. The largest absolute Gasteiger partial charge is 0.462 e. The molecule has 3 rings (SSSR count). The molecule has 0 aliphatic carbocycles. The molecular weight excluding hydrogens is 446 g/mol. The molecule has 1 amide bonds. The molecule has 1 aliphatic heterocycles. The highest BCUT2D eigenvalue weighted by Crippen LogP contribution is 2.27. The molecule has 1 aliphatic rings. The van der Waals surface area contributed by atoms with Crippen LogP contribution in [0.5, 0.6) is 0 Å². The van der Waals surface area contributed by atoms with E-state index < -0.39 is 24.0 Å². The van der Waals surface area contributed by atoms with Crippen molar-refractivity contribution in [2.24, 2.45) is 5.92 Å². The number of unbranched alkanes of at least 4 members (excludes halogenated alkanes) is 1. The van der Waals surface area contributed by atoms with E-state index in [-0.39, 0.29) is 24.7 Å². The second-order valence-electron chi connectivity index (χ2n) is 7.89. The third kappa shape index (κ3) is 6.20. The van der Waals surface area contributed by atoms with E-state index in [2.05, 4.69) is 0 Å². The van der Waals surface area contributed by atoms with Crippen molar-refractivity contribution in [3.8, 4) is 0 Å². The number of carbonyl (C=O) groups excluding carboxylic acids is 4. The molecule has 174 valence electrons. The molecule has 0 unspecified atom stereocenters. The Labute approximate surface area is 197 Å². The zero-order valence-corrected chi connectivity index (χ0v) is 19.3. The van der Waals surface area contributed by atoms with E-state index in [1.165, 1.54) is 11.8 Å². The number of amides is 1. The summed E-state index contributed by atoms with van der Waals surface area (Å²) in [5.41, 5.74) is 1.36. The van der Waals surface area contributed by atoms with Gasteiger partial charge >= 0.3 is 11.9 Å². The zero-order chi connectivity index (χ0) is 24.0. The summed E-state index contributed by atoms with van der Waals surface area (Å²) in [5, 5.41) is 0.502. The molecule has 0 saturated carbocycles. The first-order valence-corrected chi connectivity index (χ1v) is 11.3. The Balaban J connectivity index is 1.57. The summed E-state index contributed by atoms with van der Waals surface area (Å²) in [6, 6.07) is 12.8. The SMILES string of the molecule is CCCCOC(=O)c1ccc(N2C[C@H](C(=O)O[C@H](C)C(=O)c3ccc(Cl)cc3)CC2=O)cc1. The average molecular weight is 472 g/mol. The number of Topliss-reactive ketones (excluding diaryl/α,β-unsaturated/α-hetero) is 1. The smallest absolute Gasteiger partial charge is 0.338 e. The van der Waals surface area contributed by atoms with E-state index in [1.54, 1.807) is 48.5 Å². The lowest BCUT2D eigenvalue weighted by Gasteiger charge is -2.18. The Morgan fingerprint density at radius 3 is 2.33 bits per heavy atom. The van der Waals surface area contributed by atoms with Crippen molar-refractivity contribution < 1.29 is 28.7 Å². The van der Waals surface area contributed by atoms with Gasteiger partial charge in [-0.05, 0) is 61.9 Å². The molecule has 2 aromatic carbocycles. The molecular formula is C25H26ClNO6. The Morgan fingerprint density at radius 1 is 1.06 bits per heavy atom. The summed E-state index contributed by atoms with van der Waals surface area (Å²) >= 11 is 5.84. The minimum Gasteiger partial charge on any atom is -0.462 e. The molecule has 0 N–H and O–H groups in total. The lowest BCUT2D eigenvalue weighted by Crippen LogP contribution is -2.30. The number of anilines is 1. The molecule has 1 fully saturated rings. The molecule has 33 heavy (non-hydrogen) atoms. The Hall–Kier alpha value is -3.19. The number of nitrogens with zero attached hydrogens (tertiary/aromatic N) is 1. The standard InChI is InChI=1S/C25H26ClNO6/c1-3-4-13-32-24(30)18-7-11-21(12-8-18)27-15-19(14-22(27)28)25(31)33-16(2)23(29)17-5-9-20(26)10-6-17/h5-12,16,19H,3-4,13-15H2,1-2H3/t16-,19-/m1/s1. The van der Waals surface area contributed by atoms with Crippen molar-refractivity contribution in [3.63, 3.8) is 0 Å². The van der Waals surface area contributed by atoms with Crippen LogP contribution in [-0.2, 0) is 19.1 Å². The van der Waals surface area contributed by atoms with Crippen molar-refractivity contribution in [1.82, 2.24) is 0 Å². The van der Waals surface area contributed by atoms with Crippen LogP contribution in [0.15, 0.2) is 48.5 Å². The minimum atomic E-state index is -0.985. The first-order chi connectivity index (χ1) is 15.8. The van der Waals surface area contributed by atoms with Crippen LogP contribution >= 0.6 is 11.6 Å². The number of halogens is 1. The highest BCUT2D eigenvalue weighted by Gasteiger charge is 2.37. The first kappa shape index (κ1) is 24.5. The maximum atomic E-state index is 12.6. The van der Waals surface area contributed by atoms with Crippen LogP contribution in [0.4, 0.5) is 5.69 Å². The lowest BCUT2D eigenvalue weighted by molar-refractivity contribution is -0.151. The summed E-state index contributed by atoms with van der Waals surface area (Å²) < 4.78 is 10.5. The fourth-order valence-corrected chi connectivity index (χ4v) is 3.58. The van der Waals surface area contributed by atoms with Crippen LogP contribution in [0.25, 0.3) is 0 Å². The maximum absolute atomic E-state index is 12.6. The van der Waals surface area contributed by atoms with Gasteiger partial charge in [0, 0.05) is 29.2 Å². The van der Waals surface area contributed by atoms with Crippen molar-refractivity contribution >= 4 is 40.9 Å². The summed E-state index contributed by atoms with van der Waals surface area (Å²) in [6.45, 7) is 4.02. The predicted octanol–water partition coefficient (Wildman–Crippen LogP) is 4.46. The monoisotopic (exact) mass is 471 g/mol. The third-order valence-electron chi connectivity index (χ3n) is 5.39. The van der Waals surface area contributed by atoms with E-state index in [4.69, 9.17) is 21.1 Å². The molecule has 1 saturated heterocycles. The molecule has 8 heteroatoms. The van der Waals surface area contributed by atoms with E-state index >= 15 is 0 Å². The van der Waals surface area contributed by atoms with Gasteiger partial charge in [-0.2, -0.15) is 0 Å². The number of hydrogen-bond acceptors (Lipinski definition) is 6. The van der Waals surface area contributed by atoms with Crippen LogP contribution < -0.4 is 4.90 Å². The van der Waals surface area contributed by atoms with Gasteiger partial charge in [0.1, 0.15) is 0 Å². The van der Waals surface area contributed by atoms with Crippen molar-refractivity contribution in [3.05, 3.63) is 64.7 Å². The lowest BCUT2D eigenvalue weighted by atomic mass is 10.1. The zero-order valence-electron chi connectivity index (χ0n) is 18.6. The van der Waals surface area contributed by atoms with Gasteiger partial charge in [-0.15, -0.1) is 0 Å². The Kier molecular flexibility index (Phi) is 8.22. The quantitative estimate of drug-likeness (QED) is 0.304. The third-order valence-corrected chi connectivity index (χ3v) is 5.65. The highest BCUT2D eigenvalue weighted by molar-refractivity contribution is 6.30. The van der Waals surface area contributed by atoms with E-state index in [1.807, 2.05) is 6.92 Å². The second kappa shape index (κ2) is 11.1. The van der Waals surface area contributed by atoms with Crippen LogP contribution in [0, 0.1) is 5.92 Å². The number of ketones is 1. The molecule has 0 spiro atoms. The topological polar surface area (TPSA) is 90.0 Å². The highest BCUT2D eigenvalue weighted by atomic mass is 35.5. The first-order valence-electron chi connectivity index (χ1n) is 10.9. The van der Waals surface area contributed by atoms with E-state index in [0.29, 0.717) is 28.4 Å². The summed E-state index contributed by atoms with van der Waals surface area (Å²) in [6.07, 6.45) is 0.733. The molecule has 0 radical (unpaired) electrons. The number of rotatable bonds is 9. The van der Waals surface area contributed by atoms with Crippen molar-refractivity contribution in [2.45, 2.75) is 39.2 Å². The van der Waals surface area contributed by atoms with Gasteiger partial charge < -0.3 is 14.4 Å².